The highest BCUT2D eigenvalue weighted by Crippen LogP contribution is 2.31. The van der Waals surface area contributed by atoms with Gasteiger partial charge in [-0.25, -0.2) is 4.79 Å². The van der Waals surface area contributed by atoms with Crippen LogP contribution in [0.3, 0.4) is 0 Å². The molecule has 1 aliphatic heterocycles. The predicted octanol–water partition coefficient (Wildman–Crippen LogP) is 3.24. The standard InChI is InChI=1S/C14H19NO3S/c1-9-5-10-6-11(8-16)19-12(10)7-15(9)13(17)18-14(2,3)4/h6,8-9H,5,7H2,1-4H3. The molecule has 4 nitrogen and oxygen atoms in total. The molecule has 0 bridgehead atoms. The zero-order chi connectivity index (χ0) is 14.2. The smallest absolute Gasteiger partial charge is 0.410 e. The summed E-state index contributed by atoms with van der Waals surface area (Å²) < 4.78 is 5.42. The van der Waals surface area contributed by atoms with Crippen molar-refractivity contribution in [2.45, 2.75) is 52.3 Å². The molecular weight excluding hydrogens is 262 g/mol. The summed E-state index contributed by atoms with van der Waals surface area (Å²) in [6.07, 6.45) is 1.36. The molecule has 0 aliphatic carbocycles. The maximum atomic E-state index is 12.1. The third-order valence-electron chi connectivity index (χ3n) is 3.02. The number of rotatable bonds is 1. The zero-order valence-corrected chi connectivity index (χ0v) is 12.5. The van der Waals surface area contributed by atoms with Crippen LogP contribution in [0.15, 0.2) is 6.07 Å². The van der Waals surface area contributed by atoms with Gasteiger partial charge in [-0.15, -0.1) is 11.3 Å². The van der Waals surface area contributed by atoms with Gasteiger partial charge in [0.2, 0.25) is 0 Å². The van der Waals surface area contributed by atoms with Gasteiger partial charge in [-0.05, 0) is 45.7 Å². The molecule has 0 fully saturated rings. The van der Waals surface area contributed by atoms with Crippen LogP contribution in [0, 0.1) is 0 Å². The molecule has 104 valence electrons. The second-order valence-corrected chi connectivity index (χ2v) is 7.04. The van der Waals surface area contributed by atoms with E-state index in [9.17, 15) is 9.59 Å². The van der Waals surface area contributed by atoms with Crippen LogP contribution in [0.5, 0.6) is 0 Å². The van der Waals surface area contributed by atoms with E-state index in [4.69, 9.17) is 4.74 Å². The van der Waals surface area contributed by atoms with Gasteiger partial charge in [-0.3, -0.25) is 4.79 Å². The first kappa shape index (κ1) is 14.1. The number of fused-ring (bicyclic) bond motifs is 1. The number of amides is 1. The molecular formula is C14H19NO3S. The molecule has 0 radical (unpaired) electrons. The minimum absolute atomic E-state index is 0.0939. The monoisotopic (exact) mass is 281 g/mol. The van der Waals surface area contributed by atoms with Crippen LogP contribution < -0.4 is 0 Å². The fourth-order valence-electron chi connectivity index (χ4n) is 2.16. The average Bonchev–Trinajstić information content (AvgIpc) is 2.67. The SMILES string of the molecule is CC1Cc2cc(C=O)sc2CN1C(=O)OC(C)(C)C. The molecule has 0 N–H and O–H groups in total. The molecule has 2 rings (SSSR count). The highest BCUT2D eigenvalue weighted by molar-refractivity contribution is 7.13. The van der Waals surface area contributed by atoms with E-state index in [0.717, 1.165) is 22.5 Å². The highest BCUT2D eigenvalue weighted by Gasteiger charge is 2.31. The van der Waals surface area contributed by atoms with Crippen LogP contribution in [0.2, 0.25) is 0 Å². The molecule has 1 atom stereocenters. The summed E-state index contributed by atoms with van der Waals surface area (Å²) in [5, 5.41) is 0. The Morgan fingerprint density at radius 2 is 2.21 bits per heavy atom. The third-order valence-corrected chi connectivity index (χ3v) is 4.11. The number of ether oxygens (including phenoxy) is 1. The molecule has 1 aliphatic rings. The Bertz CT molecular complexity index is 501. The number of hydrogen-bond acceptors (Lipinski definition) is 4. The van der Waals surface area contributed by atoms with E-state index < -0.39 is 5.60 Å². The lowest BCUT2D eigenvalue weighted by Crippen LogP contribution is -2.44. The van der Waals surface area contributed by atoms with Crippen molar-refractivity contribution >= 4 is 23.7 Å². The van der Waals surface area contributed by atoms with Gasteiger partial charge in [0.15, 0.2) is 6.29 Å². The molecule has 5 heteroatoms. The summed E-state index contributed by atoms with van der Waals surface area (Å²) >= 11 is 1.46. The van der Waals surface area contributed by atoms with E-state index in [1.54, 1.807) is 4.90 Å². The van der Waals surface area contributed by atoms with Gasteiger partial charge in [-0.1, -0.05) is 0 Å². The molecule has 0 saturated heterocycles. The van der Waals surface area contributed by atoms with Crippen LogP contribution in [0.25, 0.3) is 0 Å². The van der Waals surface area contributed by atoms with E-state index in [-0.39, 0.29) is 12.1 Å². The second-order valence-electron chi connectivity index (χ2n) is 5.88. The summed E-state index contributed by atoms with van der Waals surface area (Å²) in [4.78, 5) is 26.5. The quantitative estimate of drug-likeness (QED) is 0.742. The van der Waals surface area contributed by atoms with Gasteiger partial charge >= 0.3 is 6.09 Å². The van der Waals surface area contributed by atoms with Gasteiger partial charge in [-0.2, -0.15) is 0 Å². The normalized spacial score (nSPS) is 18.9. The Balaban J connectivity index is 2.16. The lowest BCUT2D eigenvalue weighted by molar-refractivity contribution is 0.0142. The van der Waals surface area contributed by atoms with Crippen LogP contribution in [0.4, 0.5) is 4.79 Å². The molecule has 1 amide bonds. The van der Waals surface area contributed by atoms with Crippen molar-refractivity contribution in [3.05, 3.63) is 21.4 Å². The van der Waals surface area contributed by atoms with Gasteiger partial charge in [0.25, 0.3) is 0 Å². The summed E-state index contributed by atoms with van der Waals surface area (Å²) in [5.41, 5.74) is 0.694. The van der Waals surface area contributed by atoms with Crippen molar-refractivity contribution in [1.82, 2.24) is 4.90 Å². The lowest BCUT2D eigenvalue weighted by Gasteiger charge is -2.34. The molecule has 19 heavy (non-hydrogen) atoms. The maximum Gasteiger partial charge on any atom is 0.410 e. The lowest BCUT2D eigenvalue weighted by atomic mass is 10.0. The second kappa shape index (κ2) is 4.96. The first-order chi connectivity index (χ1) is 8.80. The summed E-state index contributed by atoms with van der Waals surface area (Å²) in [7, 11) is 0. The number of hydrogen-bond donors (Lipinski definition) is 0. The van der Waals surface area contributed by atoms with E-state index >= 15 is 0 Å². The average molecular weight is 281 g/mol. The minimum Gasteiger partial charge on any atom is -0.444 e. The summed E-state index contributed by atoms with van der Waals surface area (Å²) in [5.74, 6) is 0. The van der Waals surface area contributed by atoms with Crippen LogP contribution in [0.1, 0.15) is 47.8 Å². The zero-order valence-electron chi connectivity index (χ0n) is 11.7. The van der Waals surface area contributed by atoms with E-state index in [1.807, 2.05) is 33.8 Å². The number of carbonyl (C=O) groups excluding carboxylic acids is 2. The molecule has 1 aromatic heterocycles. The third kappa shape index (κ3) is 3.15. The predicted molar refractivity (Wildman–Crippen MR) is 74.6 cm³/mol. The Labute approximate surface area is 117 Å². The van der Waals surface area contributed by atoms with Crippen molar-refractivity contribution in [3.63, 3.8) is 0 Å². The van der Waals surface area contributed by atoms with Crippen molar-refractivity contribution in [2.75, 3.05) is 0 Å². The minimum atomic E-state index is -0.486. The summed E-state index contributed by atoms with van der Waals surface area (Å²) in [6, 6.07) is 2.02. The molecule has 1 unspecified atom stereocenters. The van der Waals surface area contributed by atoms with Crippen molar-refractivity contribution in [3.8, 4) is 0 Å². The van der Waals surface area contributed by atoms with Gasteiger partial charge in [0.05, 0.1) is 11.4 Å². The van der Waals surface area contributed by atoms with Gasteiger partial charge < -0.3 is 9.64 Å². The van der Waals surface area contributed by atoms with E-state index in [2.05, 4.69) is 0 Å². The molecule has 1 aromatic rings. The van der Waals surface area contributed by atoms with Crippen LogP contribution in [-0.2, 0) is 17.7 Å². The number of nitrogens with zero attached hydrogens (tertiary/aromatic N) is 1. The highest BCUT2D eigenvalue weighted by atomic mass is 32.1. The van der Waals surface area contributed by atoms with Crippen molar-refractivity contribution < 1.29 is 14.3 Å². The van der Waals surface area contributed by atoms with E-state index in [1.165, 1.54) is 16.9 Å². The first-order valence-corrected chi connectivity index (χ1v) is 7.18. The summed E-state index contributed by atoms with van der Waals surface area (Å²) in [6.45, 7) is 8.12. The van der Waals surface area contributed by atoms with Gasteiger partial charge in [0.1, 0.15) is 5.60 Å². The number of thiophene rings is 1. The molecule has 2 heterocycles. The van der Waals surface area contributed by atoms with E-state index in [0.29, 0.717) is 6.54 Å². The topological polar surface area (TPSA) is 46.6 Å². The first-order valence-electron chi connectivity index (χ1n) is 6.36. The molecule has 0 spiro atoms. The van der Waals surface area contributed by atoms with Crippen LogP contribution in [-0.4, -0.2) is 28.9 Å². The number of aldehydes is 1. The van der Waals surface area contributed by atoms with Crippen molar-refractivity contribution in [2.24, 2.45) is 0 Å². The number of carbonyl (C=O) groups is 2. The Morgan fingerprint density at radius 3 is 2.79 bits per heavy atom. The Morgan fingerprint density at radius 1 is 1.53 bits per heavy atom. The fraction of sp³-hybridized carbons (Fsp3) is 0.571. The maximum absolute atomic E-state index is 12.1. The van der Waals surface area contributed by atoms with Crippen molar-refractivity contribution in [1.29, 1.82) is 0 Å². The van der Waals surface area contributed by atoms with Crippen LogP contribution >= 0.6 is 11.3 Å². The fourth-order valence-corrected chi connectivity index (χ4v) is 3.17. The Hall–Kier alpha value is -1.36. The largest absolute Gasteiger partial charge is 0.444 e. The Kier molecular flexibility index (Phi) is 3.67. The van der Waals surface area contributed by atoms with Gasteiger partial charge in [0, 0.05) is 10.9 Å². The molecule has 0 saturated carbocycles. The molecule has 0 aromatic carbocycles.